The number of nitrogens with one attached hydrogen (secondary N) is 1. The molecule has 0 radical (unpaired) electrons. The van der Waals surface area contributed by atoms with Gasteiger partial charge in [0, 0.05) is 12.0 Å². The molecule has 0 aliphatic rings. The average molecular weight is 397 g/mol. The summed E-state index contributed by atoms with van der Waals surface area (Å²) in [5.74, 6) is -0.685. The third kappa shape index (κ3) is 6.75. The van der Waals surface area contributed by atoms with Crippen molar-refractivity contribution in [3.63, 3.8) is 0 Å². The fourth-order valence-corrected chi connectivity index (χ4v) is 2.80. The van der Waals surface area contributed by atoms with Crippen LogP contribution in [0.1, 0.15) is 49.0 Å². The van der Waals surface area contributed by atoms with Crippen LogP contribution in [0.2, 0.25) is 0 Å². The zero-order valence-corrected chi connectivity index (χ0v) is 17.1. The number of carbonyl (C=O) groups is 3. The van der Waals surface area contributed by atoms with Crippen LogP contribution in [0.3, 0.4) is 0 Å². The molecule has 2 rings (SSSR count). The van der Waals surface area contributed by atoms with Gasteiger partial charge in [0.15, 0.2) is 11.9 Å². The summed E-state index contributed by atoms with van der Waals surface area (Å²) in [5.41, 5.74) is 2.24. The maximum atomic E-state index is 12.3. The van der Waals surface area contributed by atoms with E-state index in [1.54, 1.807) is 36.4 Å². The summed E-state index contributed by atoms with van der Waals surface area (Å²) < 4.78 is 10.3. The van der Waals surface area contributed by atoms with Gasteiger partial charge in [-0.1, -0.05) is 49.7 Å². The fraction of sp³-hybridized carbons (Fsp3) is 0.348. The molecule has 0 bridgehead atoms. The highest BCUT2D eigenvalue weighted by Gasteiger charge is 2.20. The van der Waals surface area contributed by atoms with Crippen molar-refractivity contribution in [3.8, 4) is 5.75 Å². The van der Waals surface area contributed by atoms with E-state index in [1.165, 1.54) is 19.6 Å². The zero-order chi connectivity index (χ0) is 21.2. The van der Waals surface area contributed by atoms with Crippen molar-refractivity contribution >= 4 is 23.3 Å². The van der Waals surface area contributed by atoms with Gasteiger partial charge in [0.2, 0.25) is 0 Å². The third-order valence-corrected chi connectivity index (χ3v) is 4.41. The van der Waals surface area contributed by atoms with Crippen molar-refractivity contribution < 1.29 is 23.9 Å². The van der Waals surface area contributed by atoms with Gasteiger partial charge < -0.3 is 14.8 Å². The SMILES string of the molecule is CCCc1ccc(C(=O)CCC(=O)O[C@@H](C)C(=O)Nc2ccccc2OC)cc1. The first-order chi connectivity index (χ1) is 13.9. The number of benzene rings is 2. The van der Waals surface area contributed by atoms with Gasteiger partial charge in [-0.25, -0.2) is 0 Å². The molecular formula is C23H27NO5. The molecule has 0 aromatic heterocycles. The molecule has 0 fully saturated rings. The Hall–Kier alpha value is -3.15. The number of para-hydroxylation sites is 2. The van der Waals surface area contributed by atoms with E-state index in [0.29, 0.717) is 17.0 Å². The minimum absolute atomic E-state index is 0.0345. The Kier molecular flexibility index (Phi) is 8.40. The second-order valence-corrected chi connectivity index (χ2v) is 6.69. The van der Waals surface area contributed by atoms with Crippen LogP contribution in [0.15, 0.2) is 48.5 Å². The maximum absolute atomic E-state index is 12.3. The fourth-order valence-electron chi connectivity index (χ4n) is 2.80. The Morgan fingerprint density at radius 3 is 2.34 bits per heavy atom. The topological polar surface area (TPSA) is 81.7 Å². The van der Waals surface area contributed by atoms with Crippen LogP contribution in [-0.2, 0) is 20.7 Å². The molecule has 1 N–H and O–H groups in total. The van der Waals surface area contributed by atoms with Crippen molar-refractivity contribution in [3.05, 3.63) is 59.7 Å². The molecule has 6 heteroatoms. The number of aryl methyl sites for hydroxylation is 1. The summed E-state index contributed by atoms with van der Waals surface area (Å²) in [6.07, 6.45) is 0.975. The van der Waals surface area contributed by atoms with E-state index >= 15 is 0 Å². The number of anilines is 1. The summed E-state index contributed by atoms with van der Waals surface area (Å²) in [5, 5.41) is 2.66. The van der Waals surface area contributed by atoms with E-state index in [4.69, 9.17) is 9.47 Å². The zero-order valence-electron chi connectivity index (χ0n) is 17.1. The van der Waals surface area contributed by atoms with Crippen LogP contribution in [0, 0.1) is 0 Å². The van der Waals surface area contributed by atoms with E-state index in [2.05, 4.69) is 12.2 Å². The second kappa shape index (κ2) is 11.0. The first-order valence-corrected chi connectivity index (χ1v) is 9.70. The first-order valence-electron chi connectivity index (χ1n) is 9.70. The van der Waals surface area contributed by atoms with Crippen molar-refractivity contribution in [1.82, 2.24) is 0 Å². The van der Waals surface area contributed by atoms with Gasteiger partial charge in [0.1, 0.15) is 5.75 Å². The highest BCUT2D eigenvalue weighted by Crippen LogP contribution is 2.23. The van der Waals surface area contributed by atoms with Gasteiger partial charge in [-0.05, 0) is 31.0 Å². The number of Topliss-reactive ketones (excluding diaryl/α,β-unsaturated/α-hetero) is 1. The summed E-state index contributed by atoms with van der Waals surface area (Å²) >= 11 is 0. The van der Waals surface area contributed by atoms with Crippen molar-refractivity contribution in [1.29, 1.82) is 0 Å². The highest BCUT2D eigenvalue weighted by atomic mass is 16.5. The van der Waals surface area contributed by atoms with Crippen LogP contribution in [0.4, 0.5) is 5.69 Å². The van der Waals surface area contributed by atoms with Crippen LogP contribution in [-0.4, -0.2) is 30.9 Å². The molecule has 0 spiro atoms. The molecule has 0 unspecified atom stereocenters. The highest BCUT2D eigenvalue weighted by molar-refractivity contribution is 5.98. The lowest BCUT2D eigenvalue weighted by Gasteiger charge is -2.15. The minimum atomic E-state index is -0.990. The van der Waals surface area contributed by atoms with E-state index in [1.807, 2.05) is 12.1 Å². The molecule has 6 nitrogen and oxygen atoms in total. The number of rotatable bonds is 10. The number of hydrogen-bond donors (Lipinski definition) is 1. The number of ether oxygens (including phenoxy) is 2. The lowest BCUT2D eigenvalue weighted by Crippen LogP contribution is -2.30. The van der Waals surface area contributed by atoms with Gasteiger partial charge in [0.05, 0.1) is 19.2 Å². The van der Waals surface area contributed by atoms with Crippen molar-refractivity contribution in [2.45, 2.75) is 45.6 Å². The number of methoxy groups -OCH3 is 1. The molecular weight excluding hydrogens is 370 g/mol. The average Bonchev–Trinajstić information content (AvgIpc) is 2.73. The minimum Gasteiger partial charge on any atom is -0.495 e. The van der Waals surface area contributed by atoms with Gasteiger partial charge in [-0.15, -0.1) is 0 Å². The molecule has 1 atom stereocenters. The maximum Gasteiger partial charge on any atom is 0.307 e. The van der Waals surface area contributed by atoms with Gasteiger partial charge in [-0.2, -0.15) is 0 Å². The standard InChI is InChI=1S/C23H27NO5/c1-4-7-17-10-12-18(13-11-17)20(25)14-15-22(26)29-16(2)23(27)24-19-8-5-6-9-21(19)28-3/h5-6,8-13,16H,4,7,14-15H2,1-3H3,(H,24,27)/t16-/m0/s1. The first kappa shape index (κ1) is 22.1. The second-order valence-electron chi connectivity index (χ2n) is 6.69. The molecule has 0 aliphatic carbocycles. The van der Waals surface area contributed by atoms with Gasteiger partial charge in [-0.3, -0.25) is 14.4 Å². The Balaban J connectivity index is 1.81. The van der Waals surface area contributed by atoms with Crippen LogP contribution in [0.25, 0.3) is 0 Å². The Bertz CT molecular complexity index is 845. The molecule has 29 heavy (non-hydrogen) atoms. The molecule has 0 aliphatic heterocycles. The number of amides is 1. The monoisotopic (exact) mass is 397 g/mol. The summed E-state index contributed by atoms with van der Waals surface area (Å²) in [6.45, 7) is 3.58. The smallest absolute Gasteiger partial charge is 0.307 e. The predicted octanol–water partition coefficient (Wildman–Crippen LogP) is 4.18. The van der Waals surface area contributed by atoms with Crippen LogP contribution in [0.5, 0.6) is 5.75 Å². The van der Waals surface area contributed by atoms with Crippen molar-refractivity contribution in [2.75, 3.05) is 12.4 Å². The predicted molar refractivity (Wildman–Crippen MR) is 111 cm³/mol. The molecule has 0 saturated carbocycles. The van der Waals surface area contributed by atoms with Gasteiger partial charge >= 0.3 is 5.97 Å². The molecule has 1 amide bonds. The summed E-state index contributed by atoms with van der Waals surface area (Å²) in [4.78, 5) is 36.5. The van der Waals surface area contributed by atoms with E-state index < -0.39 is 18.0 Å². The Morgan fingerprint density at radius 2 is 1.69 bits per heavy atom. The lowest BCUT2D eigenvalue weighted by molar-refractivity contribution is -0.153. The molecule has 0 saturated heterocycles. The van der Waals surface area contributed by atoms with E-state index in [-0.39, 0.29) is 18.6 Å². The van der Waals surface area contributed by atoms with Crippen molar-refractivity contribution in [2.24, 2.45) is 0 Å². The summed E-state index contributed by atoms with van der Waals surface area (Å²) in [7, 11) is 1.50. The molecule has 154 valence electrons. The largest absolute Gasteiger partial charge is 0.495 e. The van der Waals surface area contributed by atoms with Crippen LogP contribution >= 0.6 is 0 Å². The number of carbonyl (C=O) groups excluding carboxylic acids is 3. The Labute approximate surface area is 171 Å². The van der Waals surface area contributed by atoms with E-state index in [9.17, 15) is 14.4 Å². The van der Waals surface area contributed by atoms with Gasteiger partial charge in [0.25, 0.3) is 5.91 Å². The number of esters is 1. The van der Waals surface area contributed by atoms with Crippen LogP contribution < -0.4 is 10.1 Å². The normalized spacial score (nSPS) is 11.4. The lowest BCUT2D eigenvalue weighted by atomic mass is 10.0. The third-order valence-electron chi connectivity index (χ3n) is 4.41. The number of ketones is 1. The quantitative estimate of drug-likeness (QED) is 0.480. The van der Waals surface area contributed by atoms with E-state index in [0.717, 1.165) is 12.8 Å². The molecule has 0 heterocycles. The molecule has 2 aromatic carbocycles. The Morgan fingerprint density at radius 1 is 1.00 bits per heavy atom. The molecule has 2 aromatic rings. The summed E-state index contributed by atoms with van der Waals surface area (Å²) in [6, 6.07) is 14.4. The number of hydrogen-bond acceptors (Lipinski definition) is 5.